The number of aryl methyl sites for hydroxylation is 2. The highest BCUT2D eigenvalue weighted by molar-refractivity contribution is 5.75. The Labute approximate surface area is 67.8 Å². The summed E-state index contributed by atoms with van der Waals surface area (Å²) in [5, 5.41) is 6.18. The summed E-state index contributed by atoms with van der Waals surface area (Å²) in [5.41, 5.74) is 1.65. The molecular weight excluding hydrogens is 156 g/mol. The molecule has 0 aliphatic heterocycles. The van der Waals surface area contributed by atoms with Crippen LogP contribution in [0.15, 0.2) is 4.79 Å². The van der Waals surface area contributed by atoms with Gasteiger partial charge < -0.3 is 4.98 Å². The molecule has 2 rings (SSSR count). The van der Waals surface area contributed by atoms with Gasteiger partial charge in [0.2, 0.25) is 0 Å². The Bertz CT molecular complexity index is 482. The average molecular weight is 164 g/mol. The molecule has 2 aromatic heterocycles. The van der Waals surface area contributed by atoms with E-state index in [4.69, 9.17) is 0 Å². The monoisotopic (exact) mass is 164 g/mol. The summed E-state index contributed by atoms with van der Waals surface area (Å²) >= 11 is 0. The number of aromatic amines is 2. The number of hydrogen-bond donors (Lipinski definition) is 2. The maximum atomic E-state index is 11.2. The van der Waals surface area contributed by atoms with E-state index in [1.54, 1.807) is 13.8 Å². The second-order valence-electron chi connectivity index (χ2n) is 2.68. The van der Waals surface area contributed by atoms with E-state index < -0.39 is 0 Å². The first-order valence-corrected chi connectivity index (χ1v) is 3.60. The second-order valence-corrected chi connectivity index (χ2v) is 2.68. The topological polar surface area (TPSA) is 74.4 Å². The lowest BCUT2D eigenvalue weighted by Gasteiger charge is -1.89. The lowest BCUT2D eigenvalue weighted by atomic mass is 10.4. The van der Waals surface area contributed by atoms with E-state index >= 15 is 0 Å². The fourth-order valence-corrected chi connectivity index (χ4v) is 1.16. The van der Waals surface area contributed by atoms with Gasteiger partial charge in [-0.15, -0.1) is 0 Å². The quantitative estimate of drug-likeness (QED) is 0.586. The standard InChI is InChI=1S/C7H8N4O/c1-3-5-6(7(12)11-10-3)9-4(2)8-5/h1-2H3,(H,8,9)(H,11,12). The number of fused-ring (bicyclic) bond motifs is 1. The summed E-state index contributed by atoms with van der Waals surface area (Å²) in [6, 6.07) is 0. The molecule has 0 amide bonds. The van der Waals surface area contributed by atoms with Crippen molar-refractivity contribution in [2.45, 2.75) is 13.8 Å². The Morgan fingerprint density at radius 3 is 2.75 bits per heavy atom. The van der Waals surface area contributed by atoms with Crippen molar-refractivity contribution in [3.05, 3.63) is 21.9 Å². The van der Waals surface area contributed by atoms with Gasteiger partial charge in [0.15, 0.2) is 0 Å². The number of imidazole rings is 1. The van der Waals surface area contributed by atoms with Crippen molar-refractivity contribution >= 4 is 11.0 Å². The van der Waals surface area contributed by atoms with Crippen LogP contribution in [0.25, 0.3) is 11.0 Å². The molecule has 12 heavy (non-hydrogen) atoms. The van der Waals surface area contributed by atoms with E-state index in [-0.39, 0.29) is 5.56 Å². The van der Waals surface area contributed by atoms with E-state index in [0.717, 1.165) is 11.5 Å². The Hall–Kier alpha value is -1.65. The third-order valence-electron chi connectivity index (χ3n) is 1.72. The van der Waals surface area contributed by atoms with Gasteiger partial charge in [-0.05, 0) is 13.8 Å². The van der Waals surface area contributed by atoms with Crippen LogP contribution in [0.1, 0.15) is 11.5 Å². The molecule has 0 aliphatic carbocycles. The summed E-state index contributed by atoms with van der Waals surface area (Å²) in [6.07, 6.45) is 0. The molecule has 0 fully saturated rings. The van der Waals surface area contributed by atoms with Crippen LogP contribution >= 0.6 is 0 Å². The zero-order valence-electron chi connectivity index (χ0n) is 6.80. The molecule has 0 radical (unpaired) electrons. The highest BCUT2D eigenvalue weighted by Crippen LogP contribution is 2.07. The van der Waals surface area contributed by atoms with Gasteiger partial charge in [-0.1, -0.05) is 0 Å². The van der Waals surface area contributed by atoms with E-state index in [2.05, 4.69) is 20.2 Å². The minimum atomic E-state index is -0.226. The molecule has 0 aliphatic rings. The molecule has 2 heterocycles. The minimum Gasteiger partial charge on any atom is -0.338 e. The smallest absolute Gasteiger partial charge is 0.290 e. The van der Waals surface area contributed by atoms with Gasteiger partial charge in [-0.25, -0.2) is 10.1 Å². The molecular formula is C7H8N4O. The Morgan fingerprint density at radius 1 is 1.33 bits per heavy atom. The molecule has 0 spiro atoms. The Morgan fingerprint density at radius 2 is 2.08 bits per heavy atom. The zero-order valence-corrected chi connectivity index (χ0v) is 6.80. The summed E-state index contributed by atoms with van der Waals surface area (Å²) in [4.78, 5) is 18.2. The molecule has 0 unspecified atom stereocenters. The molecule has 5 heteroatoms. The third-order valence-corrected chi connectivity index (χ3v) is 1.72. The number of H-pyrrole nitrogens is 2. The van der Waals surface area contributed by atoms with E-state index in [1.807, 2.05) is 0 Å². The average Bonchev–Trinajstić information content (AvgIpc) is 2.41. The van der Waals surface area contributed by atoms with Crippen molar-refractivity contribution in [3.8, 4) is 0 Å². The maximum absolute atomic E-state index is 11.2. The van der Waals surface area contributed by atoms with Gasteiger partial charge in [0, 0.05) is 0 Å². The highest BCUT2D eigenvalue weighted by atomic mass is 16.1. The van der Waals surface area contributed by atoms with Crippen LogP contribution in [0, 0.1) is 13.8 Å². The number of hydrogen-bond acceptors (Lipinski definition) is 3. The van der Waals surface area contributed by atoms with Crippen LogP contribution in [0.3, 0.4) is 0 Å². The largest absolute Gasteiger partial charge is 0.338 e. The molecule has 0 aromatic carbocycles. The van der Waals surface area contributed by atoms with Crippen molar-refractivity contribution in [2.75, 3.05) is 0 Å². The molecule has 62 valence electrons. The van der Waals surface area contributed by atoms with Crippen LogP contribution in [-0.2, 0) is 0 Å². The first kappa shape index (κ1) is 7.02. The van der Waals surface area contributed by atoms with E-state index in [1.165, 1.54) is 0 Å². The van der Waals surface area contributed by atoms with Gasteiger partial charge in [0.25, 0.3) is 5.56 Å². The number of rotatable bonds is 0. The Balaban J connectivity index is 3.03. The first-order valence-electron chi connectivity index (χ1n) is 3.60. The summed E-state index contributed by atoms with van der Waals surface area (Å²) in [6.45, 7) is 3.61. The van der Waals surface area contributed by atoms with Gasteiger partial charge in [0.1, 0.15) is 16.9 Å². The lowest BCUT2D eigenvalue weighted by molar-refractivity contribution is 0.965. The molecule has 2 aromatic rings. The maximum Gasteiger partial charge on any atom is 0.290 e. The third kappa shape index (κ3) is 0.827. The predicted octanol–water partition coefficient (Wildman–Crippen LogP) is 0.263. The van der Waals surface area contributed by atoms with Crippen LogP contribution < -0.4 is 5.56 Å². The van der Waals surface area contributed by atoms with Gasteiger partial charge in [0.05, 0.1) is 5.69 Å². The minimum absolute atomic E-state index is 0.226. The van der Waals surface area contributed by atoms with Crippen LogP contribution in [0.2, 0.25) is 0 Å². The Kier molecular flexibility index (Phi) is 1.27. The van der Waals surface area contributed by atoms with Gasteiger partial charge in [-0.3, -0.25) is 4.79 Å². The first-order chi connectivity index (χ1) is 5.68. The van der Waals surface area contributed by atoms with Crippen LogP contribution in [0.5, 0.6) is 0 Å². The van der Waals surface area contributed by atoms with Crippen molar-refractivity contribution in [1.29, 1.82) is 0 Å². The van der Waals surface area contributed by atoms with Gasteiger partial charge >= 0.3 is 0 Å². The molecule has 0 saturated heterocycles. The molecule has 2 N–H and O–H groups in total. The van der Waals surface area contributed by atoms with Crippen molar-refractivity contribution in [2.24, 2.45) is 0 Å². The predicted molar refractivity (Wildman–Crippen MR) is 44.0 cm³/mol. The lowest BCUT2D eigenvalue weighted by Crippen LogP contribution is -2.09. The van der Waals surface area contributed by atoms with E-state index in [0.29, 0.717) is 11.0 Å². The van der Waals surface area contributed by atoms with E-state index in [9.17, 15) is 4.79 Å². The SMILES string of the molecule is Cc1nc2c(C)n[nH]c(=O)c2[nH]1. The highest BCUT2D eigenvalue weighted by Gasteiger charge is 2.06. The molecule has 5 nitrogen and oxygen atoms in total. The number of nitrogens with zero attached hydrogens (tertiary/aromatic N) is 2. The summed E-state index contributed by atoms with van der Waals surface area (Å²) in [7, 11) is 0. The normalized spacial score (nSPS) is 10.8. The number of nitrogens with one attached hydrogen (secondary N) is 2. The van der Waals surface area contributed by atoms with Crippen molar-refractivity contribution < 1.29 is 0 Å². The second kappa shape index (κ2) is 2.17. The van der Waals surface area contributed by atoms with Gasteiger partial charge in [-0.2, -0.15) is 5.10 Å². The summed E-state index contributed by atoms with van der Waals surface area (Å²) in [5.74, 6) is 0.728. The van der Waals surface area contributed by atoms with Crippen LogP contribution in [-0.4, -0.2) is 20.2 Å². The van der Waals surface area contributed by atoms with Crippen molar-refractivity contribution in [1.82, 2.24) is 20.2 Å². The fourth-order valence-electron chi connectivity index (χ4n) is 1.16. The van der Waals surface area contributed by atoms with Crippen molar-refractivity contribution in [3.63, 3.8) is 0 Å². The molecule has 0 saturated carbocycles. The van der Waals surface area contributed by atoms with Crippen LogP contribution in [0.4, 0.5) is 0 Å². The summed E-state index contributed by atoms with van der Waals surface area (Å²) < 4.78 is 0. The zero-order chi connectivity index (χ0) is 8.72. The molecule has 0 atom stereocenters. The fraction of sp³-hybridized carbons (Fsp3) is 0.286. The number of aromatic nitrogens is 4. The molecule has 0 bridgehead atoms.